The van der Waals surface area contributed by atoms with Crippen LogP contribution in [0.2, 0.25) is 0 Å². The molecule has 4 nitrogen and oxygen atoms in total. The Hall–Kier alpha value is -1.39. The monoisotopic (exact) mass is 274 g/mol. The summed E-state index contributed by atoms with van der Waals surface area (Å²) in [4.78, 5) is 14.3. The fraction of sp³-hybridized carbons (Fsp3) is 0.562. The first-order valence-electron chi connectivity index (χ1n) is 7.33. The standard InChI is InChI=1S/C16H22N2O2/c1-11-5-12(2)7-13(6-11)16(19)18-8-15(9-18)17-14-3-4-20-10-14/h5-7,14-15,17H,3-4,8-10H2,1-2H3. The second-order valence-corrected chi connectivity index (χ2v) is 6.01. The first-order valence-corrected chi connectivity index (χ1v) is 7.33. The summed E-state index contributed by atoms with van der Waals surface area (Å²) in [7, 11) is 0. The normalized spacial score (nSPS) is 22.9. The van der Waals surface area contributed by atoms with E-state index in [9.17, 15) is 4.79 Å². The molecule has 4 heteroatoms. The van der Waals surface area contributed by atoms with Gasteiger partial charge < -0.3 is 15.0 Å². The number of carbonyl (C=O) groups is 1. The van der Waals surface area contributed by atoms with Gasteiger partial charge in [0.2, 0.25) is 0 Å². The van der Waals surface area contributed by atoms with Crippen LogP contribution in [0.3, 0.4) is 0 Å². The number of amides is 1. The summed E-state index contributed by atoms with van der Waals surface area (Å²) >= 11 is 0. The molecule has 2 heterocycles. The number of aryl methyl sites for hydroxylation is 2. The second-order valence-electron chi connectivity index (χ2n) is 6.01. The molecule has 1 atom stereocenters. The molecule has 3 rings (SSSR count). The average Bonchev–Trinajstić information content (AvgIpc) is 2.84. The van der Waals surface area contributed by atoms with Crippen LogP contribution in [0.15, 0.2) is 18.2 Å². The van der Waals surface area contributed by atoms with E-state index in [0.717, 1.165) is 49.4 Å². The van der Waals surface area contributed by atoms with Gasteiger partial charge in [0.15, 0.2) is 0 Å². The van der Waals surface area contributed by atoms with Crippen molar-refractivity contribution in [1.82, 2.24) is 10.2 Å². The van der Waals surface area contributed by atoms with Gasteiger partial charge in [-0.15, -0.1) is 0 Å². The molecule has 2 aliphatic heterocycles. The minimum atomic E-state index is 0.150. The van der Waals surface area contributed by atoms with Crippen LogP contribution in [0.25, 0.3) is 0 Å². The Morgan fingerprint density at radius 3 is 2.50 bits per heavy atom. The Labute approximate surface area is 120 Å². The van der Waals surface area contributed by atoms with Crippen molar-refractivity contribution in [3.63, 3.8) is 0 Å². The molecular weight excluding hydrogens is 252 g/mol. The third kappa shape index (κ3) is 2.86. The van der Waals surface area contributed by atoms with Crippen LogP contribution in [0.5, 0.6) is 0 Å². The largest absolute Gasteiger partial charge is 0.380 e. The number of benzene rings is 1. The quantitative estimate of drug-likeness (QED) is 0.908. The van der Waals surface area contributed by atoms with Crippen molar-refractivity contribution in [2.75, 3.05) is 26.3 Å². The topological polar surface area (TPSA) is 41.6 Å². The zero-order valence-electron chi connectivity index (χ0n) is 12.2. The van der Waals surface area contributed by atoms with Gasteiger partial charge in [-0.1, -0.05) is 17.2 Å². The van der Waals surface area contributed by atoms with Crippen LogP contribution >= 0.6 is 0 Å². The highest BCUT2D eigenvalue weighted by Crippen LogP contribution is 2.17. The summed E-state index contributed by atoms with van der Waals surface area (Å²) in [6.45, 7) is 7.34. The summed E-state index contributed by atoms with van der Waals surface area (Å²) in [6.07, 6.45) is 1.08. The van der Waals surface area contributed by atoms with Gasteiger partial charge in [0.25, 0.3) is 5.91 Å². The van der Waals surface area contributed by atoms with Gasteiger partial charge in [0.05, 0.1) is 6.61 Å². The van der Waals surface area contributed by atoms with Gasteiger partial charge in [0, 0.05) is 37.3 Å². The van der Waals surface area contributed by atoms with Crippen LogP contribution in [0.4, 0.5) is 0 Å². The van der Waals surface area contributed by atoms with Gasteiger partial charge in [-0.3, -0.25) is 4.79 Å². The van der Waals surface area contributed by atoms with Crippen LogP contribution in [0.1, 0.15) is 27.9 Å². The minimum Gasteiger partial charge on any atom is -0.380 e. The fourth-order valence-corrected chi connectivity index (χ4v) is 3.03. The van der Waals surface area contributed by atoms with E-state index in [1.54, 1.807) is 0 Å². The predicted octanol–water partition coefficient (Wildman–Crippen LogP) is 1.51. The number of nitrogens with zero attached hydrogens (tertiary/aromatic N) is 1. The molecule has 2 saturated heterocycles. The molecule has 0 aliphatic carbocycles. The Kier molecular flexibility index (Phi) is 3.76. The molecule has 0 aromatic heterocycles. The molecule has 1 aromatic carbocycles. The third-order valence-corrected chi connectivity index (χ3v) is 4.04. The van der Waals surface area contributed by atoms with Crippen LogP contribution in [0, 0.1) is 13.8 Å². The number of carbonyl (C=O) groups excluding carboxylic acids is 1. The predicted molar refractivity (Wildman–Crippen MR) is 78.0 cm³/mol. The van der Waals surface area contributed by atoms with Crippen molar-refractivity contribution in [2.45, 2.75) is 32.4 Å². The van der Waals surface area contributed by atoms with Crippen LogP contribution in [-0.2, 0) is 4.74 Å². The van der Waals surface area contributed by atoms with Gasteiger partial charge >= 0.3 is 0 Å². The molecule has 0 spiro atoms. The lowest BCUT2D eigenvalue weighted by Crippen LogP contribution is -2.61. The van der Waals surface area contributed by atoms with Crippen molar-refractivity contribution in [3.8, 4) is 0 Å². The number of likely N-dealkylation sites (tertiary alicyclic amines) is 1. The molecule has 108 valence electrons. The lowest BCUT2D eigenvalue weighted by atomic mass is 10.0. The lowest BCUT2D eigenvalue weighted by Gasteiger charge is -2.41. The summed E-state index contributed by atoms with van der Waals surface area (Å²) < 4.78 is 5.35. The van der Waals surface area contributed by atoms with E-state index >= 15 is 0 Å². The van der Waals surface area contributed by atoms with Gasteiger partial charge in [-0.2, -0.15) is 0 Å². The maximum atomic E-state index is 12.4. The summed E-state index contributed by atoms with van der Waals surface area (Å²) in [6, 6.07) is 6.94. The molecule has 0 bridgehead atoms. The number of nitrogens with one attached hydrogen (secondary N) is 1. The molecule has 1 N–H and O–H groups in total. The van der Waals surface area contributed by atoms with Crippen molar-refractivity contribution >= 4 is 5.91 Å². The Balaban J connectivity index is 1.54. The van der Waals surface area contributed by atoms with E-state index in [1.807, 2.05) is 30.9 Å². The molecule has 2 fully saturated rings. The number of hydrogen-bond donors (Lipinski definition) is 1. The number of ether oxygens (including phenoxy) is 1. The molecular formula is C16H22N2O2. The van der Waals surface area contributed by atoms with Crippen molar-refractivity contribution in [3.05, 3.63) is 34.9 Å². The van der Waals surface area contributed by atoms with Crippen molar-refractivity contribution < 1.29 is 9.53 Å². The molecule has 1 aromatic rings. The zero-order chi connectivity index (χ0) is 14.1. The Morgan fingerprint density at radius 2 is 1.90 bits per heavy atom. The highest BCUT2D eigenvalue weighted by Gasteiger charge is 2.33. The van der Waals surface area contributed by atoms with E-state index < -0.39 is 0 Å². The molecule has 20 heavy (non-hydrogen) atoms. The van der Waals surface area contributed by atoms with Gasteiger partial charge in [-0.05, 0) is 32.4 Å². The average molecular weight is 274 g/mol. The maximum Gasteiger partial charge on any atom is 0.253 e. The summed E-state index contributed by atoms with van der Waals surface area (Å²) in [5, 5.41) is 3.56. The van der Waals surface area contributed by atoms with Gasteiger partial charge in [-0.25, -0.2) is 0 Å². The van der Waals surface area contributed by atoms with E-state index in [2.05, 4.69) is 11.4 Å². The van der Waals surface area contributed by atoms with E-state index in [4.69, 9.17) is 4.74 Å². The highest BCUT2D eigenvalue weighted by atomic mass is 16.5. The first kappa shape index (κ1) is 13.6. The number of rotatable bonds is 3. The highest BCUT2D eigenvalue weighted by molar-refractivity contribution is 5.95. The molecule has 2 aliphatic rings. The van der Waals surface area contributed by atoms with E-state index in [1.165, 1.54) is 0 Å². The SMILES string of the molecule is Cc1cc(C)cc(C(=O)N2CC(NC3CCOC3)C2)c1. The molecule has 1 amide bonds. The van der Waals surface area contributed by atoms with E-state index in [-0.39, 0.29) is 5.91 Å². The van der Waals surface area contributed by atoms with Crippen LogP contribution < -0.4 is 5.32 Å². The molecule has 1 unspecified atom stereocenters. The first-order chi connectivity index (χ1) is 9.61. The third-order valence-electron chi connectivity index (χ3n) is 4.04. The summed E-state index contributed by atoms with van der Waals surface area (Å²) in [5.74, 6) is 0.150. The Bertz CT molecular complexity index is 483. The van der Waals surface area contributed by atoms with E-state index in [0.29, 0.717) is 12.1 Å². The fourth-order valence-electron chi connectivity index (χ4n) is 3.03. The molecule has 0 saturated carbocycles. The van der Waals surface area contributed by atoms with Crippen molar-refractivity contribution in [2.24, 2.45) is 0 Å². The molecule has 0 radical (unpaired) electrons. The summed E-state index contributed by atoms with van der Waals surface area (Å²) in [5.41, 5.74) is 3.10. The minimum absolute atomic E-state index is 0.150. The van der Waals surface area contributed by atoms with Crippen LogP contribution in [-0.4, -0.2) is 49.2 Å². The van der Waals surface area contributed by atoms with Crippen molar-refractivity contribution in [1.29, 1.82) is 0 Å². The zero-order valence-corrected chi connectivity index (χ0v) is 12.2. The maximum absolute atomic E-state index is 12.4. The lowest BCUT2D eigenvalue weighted by molar-refractivity contribution is 0.0548. The smallest absolute Gasteiger partial charge is 0.253 e. The Morgan fingerprint density at radius 1 is 1.20 bits per heavy atom. The second kappa shape index (κ2) is 5.54. The number of hydrogen-bond acceptors (Lipinski definition) is 3. The van der Waals surface area contributed by atoms with Gasteiger partial charge in [0.1, 0.15) is 0 Å².